The van der Waals surface area contributed by atoms with Gasteiger partial charge in [0.1, 0.15) is 0 Å². The first-order valence-corrected chi connectivity index (χ1v) is 14.4. The van der Waals surface area contributed by atoms with Gasteiger partial charge in [0.2, 0.25) is 4.99 Å². The summed E-state index contributed by atoms with van der Waals surface area (Å²) in [6.07, 6.45) is 1.60. The number of thioether (sulfide) groups is 1. The fourth-order valence-corrected chi connectivity index (χ4v) is 6.17. The van der Waals surface area contributed by atoms with Crippen LogP contribution in [0.2, 0.25) is 0 Å². The first kappa shape index (κ1) is 31.2. The van der Waals surface area contributed by atoms with Gasteiger partial charge >= 0.3 is 5.97 Å². The zero-order chi connectivity index (χ0) is 29.1. The summed E-state index contributed by atoms with van der Waals surface area (Å²) in [6, 6.07) is 3.48. The lowest BCUT2D eigenvalue weighted by molar-refractivity contribution is -0.208. The molecule has 0 aliphatic carbocycles. The number of likely N-dealkylation sites (N-methyl/N-ethyl adjacent to an activating group) is 2. The highest BCUT2D eigenvalue weighted by Gasteiger charge is 2.46. The van der Waals surface area contributed by atoms with Crippen molar-refractivity contribution in [3.63, 3.8) is 0 Å². The highest BCUT2D eigenvalue weighted by Crippen LogP contribution is 2.45. The lowest BCUT2D eigenvalue weighted by Crippen LogP contribution is -2.64. The van der Waals surface area contributed by atoms with E-state index in [1.807, 2.05) is 45.6 Å². The van der Waals surface area contributed by atoms with Crippen LogP contribution < -0.4 is 26.6 Å². The summed E-state index contributed by atoms with van der Waals surface area (Å²) in [4.78, 5) is 49.3. The third kappa shape index (κ3) is 6.35. The maximum Gasteiger partial charge on any atom is 0.330 e. The molecule has 0 bridgehead atoms. The summed E-state index contributed by atoms with van der Waals surface area (Å²) in [5, 5.41) is 11.1. The molecule has 0 aromatic heterocycles. The van der Waals surface area contributed by atoms with Gasteiger partial charge in [0, 0.05) is 49.3 Å². The molecule has 1 aromatic carbocycles. The number of piperidine rings is 1. The summed E-state index contributed by atoms with van der Waals surface area (Å²) < 4.78 is 0. The number of nitrogens with zero attached hydrogens (tertiary/aromatic N) is 3. The molecule has 1 fully saturated rings. The predicted molar refractivity (Wildman–Crippen MR) is 156 cm³/mol. The minimum absolute atomic E-state index is 0.0982. The van der Waals surface area contributed by atoms with Crippen LogP contribution in [0.3, 0.4) is 0 Å². The number of carbonyl (C=O) groups is 3. The molecule has 2 aliphatic heterocycles. The Balaban J connectivity index is 1.99. The van der Waals surface area contributed by atoms with Crippen LogP contribution in [0.5, 0.6) is 0 Å². The van der Waals surface area contributed by atoms with Gasteiger partial charge < -0.3 is 25.7 Å². The van der Waals surface area contributed by atoms with Gasteiger partial charge in [-0.05, 0) is 73.7 Å². The molecule has 3 rings (SSSR count). The molecular formula is C27H45N7O4S. The van der Waals surface area contributed by atoms with Gasteiger partial charge in [-0.15, -0.1) is 5.06 Å². The second-order valence-corrected chi connectivity index (χ2v) is 12.5. The van der Waals surface area contributed by atoms with E-state index in [4.69, 9.17) is 10.6 Å². The number of carbonyl (C=O) groups excluding carboxylic acids is 3. The van der Waals surface area contributed by atoms with Crippen LogP contribution in [0.25, 0.3) is 0 Å². The van der Waals surface area contributed by atoms with E-state index in [0.29, 0.717) is 36.6 Å². The topological polar surface area (TPSA) is 132 Å². The predicted octanol–water partition coefficient (Wildman–Crippen LogP) is 2.04. The highest BCUT2D eigenvalue weighted by molar-refractivity contribution is 8.01. The second-order valence-electron chi connectivity index (χ2n) is 11.3. The van der Waals surface area contributed by atoms with Crippen molar-refractivity contribution in [2.45, 2.75) is 69.4 Å². The maximum absolute atomic E-state index is 14.2. The minimum Gasteiger partial charge on any atom is -0.387 e. The molecular weight excluding hydrogens is 518 g/mol. The molecule has 0 unspecified atom stereocenters. The molecule has 0 spiro atoms. The van der Waals surface area contributed by atoms with Crippen LogP contribution in [-0.2, 0) is 14.4 Å². The van der Waals surface area contributed by atoms with Crippen LogP contribution in [0, 0.1) is 5.41 Å². The van der Waals surface area contributed by atoms with E-state index < -0.39 is 10.4 Å². The standard InChI is InChI=1S/C27H45N7O4S/c1-17(2)34(18-10-9-12-32(16-18)38-25(37)26(3,4)5)23(35)19-14-21-22(15-20(19)29-6)39-27(30-7,31-8)24(36)33(21)13-11-28/h14-15,17-18,29-31H,9-13,16,28H2,1-8H3/t18-/m1/s1. The van der Waals surface area contributed by atoms with E-state index in [-0.39, 0.29) is 36.4 Å². The highest BCUT2D eigenvalue weighted by atomic mass is 32.2. The molecule has 2 aliphatic rings. The molecule has 1 aromatic rings. The van der Waals surface area contributed by atoms with Crippen molar-refractivity contribution in [3.05, 3.63) is 17.7 Å². The lowest BCUT2D eigenvalue weighted by Gasteiger charge is -2.43. The number of hydrogen-bond acceptors (Lipinski definition) is 10. The molecule has 5 N–H and O–H groups in total. The number of benzene rings is 1. The fourth-order valence-electron chi connectivity index (χ4n) is 4.99. The van der Waals surface area contributed by atoms with E-state index in [0.717, 1.165) is 17.7 Å². The van der Waals surface area contributed by atoms with Crippen LogP contribution in [0.15, 0.2) is 17.0 Å². The second kappa shape index (κ2) is 12.4. The van der Waals surface area contributed by atoms with Crippen molar-refractivity contribution >= 4 is 40.9 Å². The molecule has 1 saturated heterocycles. The van der Waals surface area contributed by atoms with Gasteiger partial charge in [-0.1, -0.05) is 11.8 Å². The molecule has 2 amide bonds. The van der Waals surface area contributed by atoms with Gasteiger partial charge in [-0.2, -0.15) is 0 Å². The first-order chi connectivity index (χ1) is 18.3. The first-order valence-electron chi connectivity index (χ1n) is 13.6. The Labute approximate surface area is 236 Å². The van der Waals surface area contributed by atoms with Crippen molar-refractivity contribution in [2.75, 3.05) is 57.5 Å². The zero-order valence-electron chi connectivity index (χ0n) is 24.5. The number of fused-ring (bicyclic) bond motifs is 1. The van der Waals surface area contributed by atoms with E-state index >= 15 is 0 Å². The van der Waals surface area contributed by atoms with E-state index in [1.165, 1.54) is 11.8 Å². The Morgan fingerprint density at radius 1 is 1.23 bits per heavy atom. The molecule has 2 heterocycles. The quantitative estimate of drug-likeness (QED) is 0.331. The average molecular weight is 564 g/mol. The third-order valence-corrected chi connectivity index (χ3v) is 8.56. The van der Waals surface area contributed by atoms with Crippen LogP contribution >= 0.6 is 11.8 Å². The number of hydrogen-bond donors (Lipinski definition) is 4. The van der Waals surface area contributed by atoms with Gasteiger partial charge in [0.25, 0.3) is 11.8 Å². The Kier molecular flexibility index (Phi) is 9.92. The SMILES string of the molecule is CNc1cc2c(cc1C(=O)N(C(C)C)[C@@H]1CCCN(OC(=O)C(C)(C)C)C1)N(CCN)C(=O)C(NC)(NC)S2. The van der Waals surface area contributed by atoms with Crippen molar-refractivity contribution in [1.29, 1.82) is 0 Å². The normalized spacial score (nSPS) is 19.6. The molecule has 12 heteroatoms. The van der Waals surface area contributed by atoms with Crippen molar-refractivity contribution < 1.29 is 19.2 Å². The Morgan fingerprint density at radius 3 is 2.44 bits per heavy atom. The number of rotatable bonds is 9. The largest absolute Gasteiger partial charge is 0.387 e. The van der Waals surface area contributed by atoms with Gasteiger partial charge in [-0.3, -0.25) is 20.2 Å². The fraction of sp³-hybridized carbons (Fsp3) is 0.667. The summed E-state index contributed by atoms with van der Waals surface area (Å²) in [5.74, 6) is -0.607. The maximum atomic E-state index is 14.2. The van der Waals surface area contributed by atoms with Crippen molar-refractivity contribution in [1.82, 2.24) is 20.6 Å². The van der Waals surface area contributed by atoms with E-state index in [1.54, 1.807) is 37.2 Å². The van der Waals surface area contributed by atoms with Gasteiger partial charge in [0.05, 0.1) is 23.2 Å². The number of amides is 2. The molecule has 218 valence electrons. The third-order valence-electron chi connectivity index (χ3n) is 7.12. The molecule has 0 saturated carbocycles. The number of hydroxylamine groups is 2. The minimum atomic E-state index is -1.04. The zero-order valence-corrected chi connectivity index (χ0v) is 25.3. The monoisotopic (exact) mass is 563 g/mol. The van der Waals surface area contributed by atoms with Gasteiger partial charge in [-0.25, -0.2) is 4.79 Å². The molecule has 39 heavy (non-hydrogen) atoms. The van der Waals surface area contributed by atoms with E-state index in [2.05, 4.69) is 16.0 Å². The Bertz CT molecular complexity index is 1070. The molecule has 1 atom stereocenters. The lowest BCUT2D eigenvalue weighted by atomic mass is 9.97. The number of nitrogens with one attached hydrogen (secondary N) is 3. The Morgan fingerprint density at radius 2 is 1.90 bits per heavy atom. The molecule has 11 nitrogen and oxygen atoms in total. The molecule has 0 radical (unpaired) electrons. The summed E-state index contributed by atoms with van der Waals surface area (Å²) in [7, 11) is 5.25. The average Bonchev–Trinajstić information content (AvgIpc) is 2.89. The van der Waals surface area contributed by atoms with E-state index in [9.17, 15) is 14.4 Å². The Hall–Kier alpha value is -2.38. The summed E-state index contributed by atoms with van der Waals surface area (Å²) in [5.41, 5.74) is 7.09. The van der Waals surface area contributed by atoms with Crippen LogP contribution in [0.1, 0.15) is 57.8 Å². The van der Waals surface area contributed by atoms with Crippen molar-refractivity contribution in [3.8, 4) is 0 Å². The van der Waals surface area contributed by atoms with Crippen molar-refractivity contribution in [2.24, 2.45) is 11.1 Å². The van der Waals surface area contributed by atoms with Crippen LogP contribution in [0.4, 0.5) is 11.4 Å². The smallest absolute Gasteiger partial charge is 0.330 e. The van der Waals surface area contributed by atoms with Gasteiger partial charge in [0.15, 0.2) is 0 Å². The number of nitrogens with two attached hydrogens (primary N) is 1. The summed E-state index contributed by atoms with van der Waals surface area (Å²) in [6.45, 7) is 11.1. The van der Waals surface area contributed by atoms with Crippen LogP contribution in [-0.4, -0.2) is 92.1 Å². The summed E-state index contributed by atoms with van der Waals surface area (Å²) >= 11 is 1.37. The number of anilines is 2.